The molecule has 0 heterocycles. The Balaban J connectivity index is 1.54. The van der Waals surface area contributed by atoms with Gasteiger partial charge < -0.3 is 9.84 Å². The van der Waals surface area contributed by atoms with E-state index in [1.807, 2.05) is 53.8 Å². The molecule has 8 heteroatoms. The van der Waals surface area contributed by atoms with Gasteiger partial charge in [-0.05, 0) is 28.3 Å². The van der Waals surface area contributed by atoms with E-state index in [1.165, 1.54) is 0 Å². The molecule has 0 fully saturated rings. The molecular weight excluding hydrogens is 416 g/mol. The lowest BCUT2D eigenvalue weighted by Crippen LogP contribution is -2.19. The number of carbonyl (C=O) groups is 2. The van der Waals surface area contributed by atoms with Crippen LogP contribution in [0, 0.1) is 11.6 Å². The fourth-order valence-corrected chi connectivity index (χ4v) is 3.81. The summed E-state index contributed by atoms with van der Waals surface area (Å²) in [6.45, 7) is -0.0384. The van der Waals surface area contributed by atoms with Crippen LogP contribution in [0.4, 0.5) is 19.3 Å². The zero-order valence-corrected chi connectivity index (χ0v) is 16.0. The number of carbonyl (C=O) groups excluding carboxylic acids is 1. The Morgan fingerprint density at radius 2 is 1.57 bits per heavy atom. The Morgan fingerprint density at radius 3 is 2.13 bits per heavy atom. The highest BCUT2D eigenvalue weighted by atomic mass is 35.5. The Labute approximate surface area is 174 Å². The summed E-state index contributed by atoms with van der Waals surface area (Å²) < 4.78 is 33.2. The van der Waals surface area contributed by atoms with Crippen LogP contribution in [-0.2, 0) is 4.74 Å². The summed E-state index contributed by atoms with van der Waals surface area (Å²) in [6.07, 6.45) is -1.05. The number of hydrogen-bond acceptors (Lipinski definition) is 3. The second-order valence-electron chi connectivity index (χ2n) is 6.67. The first-order valence-corrected chi connectivity index (χ1v) is 9.29. The van der Waals surface area contributed by atoms with Crippen LogP contribution in [0.1, 0.15) is 27.4 Å². The van der Waals surface area contributed by atoms with E-state index in [9.17, 15) is 18.4 Å². The molecule has 3 aromatic rings. The number of fused-ring (bicyclic) bond motifs is 3. The molecule has 0 saturated carbocycles. The van der Waals surface area contributed by atoms with Crippen LogP contribution in [0.2, 0.25) is 5.02 Å². The molecule has 1 amide bonds. The van der Waals surface area contributed by atoms with Crippen LogP contribution < -0.4 is 5.32 Å². The summed E-state index contributed by atoms with van der Waals surface area (Å²) in [4.78, 5) is 23.4. The van der Waals surface area contributed by atoms with Crippen LogP contribution >= 0.6 is 11.6 Å². The Bertz CT molecular complexity index is 1140. The number of ether oxygens (including phenoxy) is 1. The van der Waals surface area contributed by atoms with Crippen molar-refractivity contribution in [1.29, 1.82) is 0 Å². The van der Waals surface area contributed by atoms with E-state index >= 15 is 0 Å². The number of nitrogens with one attached hydrogen (secondary N) is 1. The maximum atomic E-state index is 14.1. The van der Waals surface area contributed by atoms with E-state index in [2.05, 4.69) is 0 Å². The predicted octanol–water partition coefficient (Wildman–Crippen LogP) is 5.68. The van der Waals surface area contributed by atoms with Gasteiger partial charge in [0.15, 0.2) is 11.6 Å². The number of aromatic carboxylic acids is 1. The maximum Gasteiger partial charge on any atom is 0.411 e. The fraction of sp³-hybridized carbons (Fsp3) is 0.0909. The molecular formula is C22H14ClF2NO4. The molecule has 152 valence electrons. The standard InChI is InChI=1S/C22H14ClF2NO4/c23-18-15(21(27)28)9-17(19(24)20(18)25)26-22(29)30-10-16-13-7-3-1-5-11(13)12-6-2-4-8-14(12)16/h1-9,16H,10H2,(H,26,29)(H,27,28). The maximum absolute atomic E-state index is 14.1. The van der Waals surface area contributed by atoms with E-state index in [0.717, 1.165) is 28.3 Å². The van der Waals surface area contributed by atoms with Crippen molar-refractivity contribution in [2.45, 2.75) is 5.92 Å². The van der Waals surface area contributed by atoms with Crippen molar-refractivity contribution in [2.24, 2.45) is 0 Å². The molecule has 0 atom stereocenters. The highest BCUT2D eigenvalue weighted by molar-refractivity contribution is 6.33. The minimum absolute atomic E-state index is 0.0384. The molecule has 3 aromatic carbocycles. The lowest BCUT2D eigenvalue weighted by Gasteiger charge is -2.15. The third-order valence-electron chi connectivity index (χ3n) is 4.96. The summed E-state index contributed by atoms with van der Waals surface area (Å²) >= 11 is 5.51. The van der Waals surface area contributed by atoms with Gasteiger partial charge in [0.2, 0.25) is 0 Å². The number of benzene rings is 3. The molecule has 4 rings (SSSR count). The van der Waals surface area contributed by atoms with Gasteiger partial charge in [-0.15, -0.1) is 0 Å². The van der Waals surface area contributed by atoms with E-state index in [0.29, 0.717) is 0 Å². The van der Waals surface area contributed by atoms with Crippen molar-refractivity contribution in [3.05, 3.63) is 87.9 Å². The van der Waals surface area contributed by atoms with Crippen molar-refractivity contribution in [3.63, 3.8) is 0 Å². The normalized spacial score (nSPS) is 12.2. The number of halogens is 3. The van der Waals surface area contributed by atoms with Gasteiger partial charge in [-0.25, -0.2) is 18.4 Å². The summed E-state index contributed by atoms with van der Waals surface area (Å²) in [5.74, 6) is -4.82. The van der Waals surface area contributed by atoms with Crippen molar-refractivity contribution < 1.29 is 28.2 Å². The topological polar surface area (TPSA) is 75.6 Å². The minimum atomic E-state index is -1.56. The van der Waals surface area contributed by atoms with E-state index in [1.54, 1.807) is 0 Å². The lowest BCUT2D eigenvalue weighted by molar-refractivity contribution is 0.0696. The van der Waals surface area contributed by atoms with Crippen LogP contribution in [0.15, 0.2) is 54.6 Å². The van der Waals surface area contributed by atoms with Crippen LogP contribution in [0.5, 0.6) is 0 Å². The lowest BCUT2D eigenvalue weighted by atomic mass is 9.98. The summed E-state index contributed by atoms with van der Waals surface area (Å²) in [6, 6.07) is 16.2. The van der Waals surface area contributed by atoms with Gasteiger partial charge in [0.1, 0.15) is 6.61 Å². The molecule has 0 spiro atoms. The number of anilines is 1. The summed E-state index contributed by atoms with van der Waals surface area (Å²) in [5.41, 5.74) is 2.71. The molecule has 1 aliphatic carbocycles. The van der Waals surface area contributed by atoms with Gasteiger partial charge in [0.05, 0.1) is 16.3 Å². The second-order valence-corrected chi connectivity index (χ2v) is 7.05. The molecule has 30 heavy (non-hydrogen) atoms. The molecule has 0 saturated heterocycles. The van der Waals surface area contributed by atoms with Gasteiger partial charge in [-0.3, -0.25) is 5.32 Å². The number of amides is 1. The van der Waals surface area contributed by atoms with Crippen molar-refractivity contribution >= 4 is 29.4 Å². The van der Waals surface area contributed by atoms with Crippen molar-refractivity contribution in [3.8, 4) is 11.1 Å². The third-order valence-corrected chi connectivity index (χ3v) is 5.33. The molecule has 1 aliphatic rings. The second kappa shape index (κ2) is 7.76. The van der Waals surface area contributed by atoms with Crippen molar-refractivity contribution in [1.82, 2.24) is 0 Å². The molecule has 5 nitrogen and oxygen atoms in total. The number of carboxylic acid groups (broad SMARTS) is 1. The van der Waals surface area contributed by atoms with Crippen LogP contribution in [0.25, 0.3) is 11.1 Å². The highest BCUT2D eigenvalue weighted by Crippen LogP contribution is 2.44. The van der Waals surface area contributed by atoms with Crippen LogP contribution in [-0.4, -0.2) is 23.8 Å². The van der Waals surface area contributed by atoms with E-state index in [-0.39, 0.29) is 12.5 Å². The molecule has 0 aliphatic heterocycles. The van der Waals surface area contributed by atoms with Gasteiger partial charge in [-0.1, -0.05) is 60.1 Å². The van der Waals surface area contributed by atoms with Gasteiger partial charge >= 0.3 is 12.1 Å². The fourth-order valence-electron chi connectivity index (χ4n) is 3.59. The zero-order chi connectivity index (χ0) is 21.4. The number of hydrogen-bond donors (Lipinski definition) is 2. The summed E-state index contributed by atoms with van der Waals surface area (Å²) in [7, 11) is 0. The molecule has 0 aromatic heterocycles. The third kappa shape index (κ3) is 3.37. The average molecular weight is 430 g/mol. The smallest absolute Gasteiger partial charge is 0.411 e. The van der Waals surface area contributed by atoms with E-state index < -0.39 is 40.0 Å². The van der Waals surface area contributed by atoms with E-state index in [4.69, 9.17) is 21.4 Å². The molecule has 0 unspecified atom stereocenters. The quantitative estimate of drug-likeness (QED) is 0.523. The Kier molecular flexibility index (Phi) is 5.13. The summed E-state index contributed by atoms with van der Waals surface area (Å²) in [5, 5.41) is 10.2. The molecule has 0 radical (unpaired) electrons. The SMILES string of the molecule is O=C(Nc1cc(C(=O)O)c(Cl)c(F)c1F)OCC1c2ccccc2-c2ccccc21. The van der Waals surface area contributed by atoms with Gasteiger partial charge in [-0.2, -0.15) is 0 Å². The Hall–Kier alpha value is -3.45. The first-order chi connectivity index (χ1) is 14.4. The van der Waals surface area contributed by atoms with Crippen LogP contribution in [0.3, 0.4) is 0 Å². The minimum Gasteiger partial charge on any atom is -0.478 e. The number of carboxylic acids is 1. The molecule has 0 bridgehead atoms. The zero-order valence-electron chi connectivity index (χ0n) is 15.3. The van der Waals surface area contributed by atoms with Crippen molar-refractivity contribution in [2.75, 3.05) is 11.9 Å². The van der Waals surface area contributed by atoms with Gasteiger partial charge in [0, 0.05) is 5.92 Å². The first kappa shape index (κ1) is 19.8. The molecule has 2 N–H and O–H groups in total. The first-order valence-electron chi connectivity index (χ1n) is 8.91. The average Bonchev–Trinajstić information content (AvgIpc) is 3.06. The Morgan fingerprint density at radius 1 is 1.00 bits per heavy atom. The largest absolute Gasteiger partial charge is 0.478 e. The predicted molar refractivity (Wildman–Crippen MR) is 107 cm³/mol. The number of rotatable bonds is 4. The highest BCUT2D eigenvalue weighted by Gasteiger charge is 2.29. The monoisotopic (exact) mass is 429 g/mol. The van der Waals surface area contributed by atoms with Gasteiger partial charge in [0.25, 0.3) is 0 Å².